The molecule has 0 radical (unpaired) electrons. The van der Waals surface area contributed by atoms with E-state index in [0.717, 1.165) is 18.7 Å². The van der Waals surface area contributed by atoms with Crippen molar-refractivity contribution < 1.29 is 9.53 Å². The summed E-state index contributed by atoms with van der Waals surface area (Å²) in [5, 5.41) is 7.61. The average Bonchev–Trinajstić information content (AvgIpc) is 3.04. The van der Waals surface area contributed by atoms with Crippen LogP contribution in [0.2, 0.25) is 0 Å². The predicted molar refractivity (Wildman–Crippen MR) is 85.5 cm³/mol. The molecule has 1 saturated carbocycles. The van der Waals surface area contributed by atoms with Gasteiger partial charge in [-0.3, -0.25) is 4.79 Å². The van der Waals surface area contributed by atoms with Crippen molar-refractivity contribution in [1.29, 1.82) is 0 Å². The summed E-state index contributed by atoms with van der Waals surface area (Å²) < 4.78 is 8.93. The molecule has 0 unspecified atom stereocenters. The zero-order valence-corrected chi connectivity index (χ0v) is 13.7. The Bertz CT molecular complexity index is 720. The Morgan fingerprint density at radius 3 is 2.91 bits per heavy atom. The summed E-state index contributed by atoms with van der Waals surface area (Å²) in [6.45, 7) is 3.08. The third kappa shape index (κ3) is 2.26. The fourth-order valence-corrected chi connectivity index (χ4v) is 4.01. The smallest absolute Gasteiger partial charge is 0.259 e. The van der Waals surface area contributed by atoms with Crippen molar-refractivity contribution >= 4 is 11.6 Å². The molecule has 2 aliphatic rings. The lowest BCUT2D eigenvalue weighted by atomic mass is 9.60. The Morgan fingerprint density at radius 1 is 1.43 bits per heavy atom. The summed E-state index contributed by atoms with van der Waals surface area (Å²) >= 11 is 0. The fourth-order valence-electron chi connectivity index (χ4n) is 4.01. The number of hydrogen-bond donors (Lipinski definition) is 1. The number of rotatable bonds is 5. The average molecular weight is 317 g/mol. The molecule has 1 saturated heterocycles. The van der Waals surface area contributed by atoms with Gasteiger partial charge in [-0.05, 0) is 19.9 Å². The molecule has 1 amide bonds. The maximum absolute atomic E-state index is 12.8. The molecule has 0 atom stereocenters. The van der Waals surface area contributed by atoms with E-state index in [4.69, 9.17) is 4.74 Å². The van der Waals surface area contributed by atoms with E-state index in [0.29, 0.717) is 30.2 Å². The van der Waals surface area contributed by atoms with Gasteiger partial charge in [0.15, 0.2) is 0 Å². The largest absolute Gasteiger partial charge is 0.383 e. The van der Waals surface area contributed by atoms with Crippen molar-refractivity contribution in [1.82, 2.24) is 24.4 Å². The highest BCUT2D eigenvalue weighted by Crippen LogP contribution is 2.48. The molecule has 7 nitrogen and oxygen atoms in total. The van der Waals surface area contributed by atoms with Crippen molar-refractivity contribution in [3.05, 3.63) is 24.2 Å². The van der Waals surface area contributed by atoms with Gasteiger partial charge in [0.05, 0.1) is 12.8 Å². The Kier molecular flexibility index (Phi) is 3.42. The summed E-state index contributed by atoms with van der Waals surface area (Å²) in [7, 11) is 3.69. The maximum atomic E-state index is 12.8. The molecule has 1 aliphatic carbocycles. The predicted octanol–water partition coefficient (Wildman–Crippen LogP) is 0.606. The number of amides is 1. The first-order valence-electron chi connectivity index (χ1n) is 8.14. The number of carbonyl (C=O) groups is 1. The zero-order valence-electron chi connectivity index (χ0n) is 13.7. The lowest BCUT2D eigenvalue weighted by Crippen LogP contribution is -2.66. The molecular formula is C16H23N5O2. The van der Waals surface area contributed by atoms with Gasteiger partial charge in [-0.15, -0.1) is 0 Å². The highest BCUT2D eigenvalue weighted by Gasteiger charge is 2.53. The van der Waals surface area contributed by atoms with Crippen LogP contribution in [0.15, 0.2) is 18.6 Å². The van der Waals surface area contributed by atoms with Gasteiger partial charge in [0, 0.05) is 50.6 Å². The molecule has 124 valence electrons. The van der Waals surface area contributed by atoms with Crippen molar-refractivity contribution in [2.24, 2.45) is 5.41 Å². The molecule has 1 spiro atoms. The quantitative estimate of drug-likeness (QED) is 0.877. The van der Waals surface area contributed by atoms with Crippen LogP contribution in [0.1, 0.15) is 23.2 Å². The molecule has 23 heavy (non-hydrogen) atoms. The topological polar surface area (TPSA) is 63.8 Å². The number of fused-ring (bicyclic) bond motifs is 1. The molecule has 4 rings (SSSR count). The first kappa shape index (κ1) is 14.7. The summed E-state index contributed by atoms with van der Waals surface area (Å²) in [5.74, 6) is 0.0934. The maximum Gasteiger partial charge on any atom is 0.259 e. The van der Waals surface area contributed by atoms with Crippen LogP contribution >= 0.6 is 0 Å². The number of aromatic nitrogens is 3. The number of nitrogens with zero attached hydrogens (tertiary/aromatic N) is 4. The van der Waals surface area contributed by atoms with Gasteiger partial charge < -0.3 is 19.5 Å². The zero-order chi connectivity index (χ0) is 16.0. The summed E-state index contributed by atoms with van der Waals surface area (Å²) in [5.41, 5.74) is 1.91. The number of hydrogen-bond acceptors (Lipinski definition) is 4. The van der Waals surface area contributed by atoms with Crippen LogP contribution in [0.4, 0.5) is 0 Å². The van der Waals surface area contributed by atoms with E-state index >= 15 is 0 Å². The van der Waals surface area contributed by atoms with E-state index in [1.54, 1.807) is 17.8 Å². The molecule has 7 heteroatoms. The van der Waals surface area contributed by atoms with E-state index < -0.39 is 0 Å². The van der Waals surface area contributed by atoms with Gasteiger partial charge in [0.25, 0.3) is 5.91 Å². The molecule has 1 N–H and O–H groups in total. The molecule has 1 aliphatic heterocycles. The lowest BCUT2D eigenvalue weighted by molar-refractivity contribution is -0.0595. The minimum Gasteiger partial charge on any atom is -0.383 e. The van der Waals surface area contributed by atoms with Crippen LogP contribution in [-0.2, 0) is 11.3 Å². The number of carbonyl (C=O) groups excluding carboxylic acids is 1. The highest BCUT2D eigenvalue weighted by molar-refractivity contribution is 6.00. The number of methoxy groups -OCH3 is 1. The Morgan fingerprint density at radius 2 is 2.22 bits per heavy atom. The van der Waals surface area contributed by atoms with Gasteiger partial charge in [-0.2, -0.15) is 5.10 Å². The van der Waals surface area contributed by atoms with Crippen LogP contribution in [0.25, 0.3) is 5.65 Å². The van der Waals surface area contributed by atoms with E-state index in [1.165, 1.54) is 12.8 Å². The molecule has 0 bridgehead atoms. The van der Waals surface area contributed by atoms with E-state index in [-0.39, 0.29) is 5.91 Å². The summed E-state index contributed by atoms with van der Waals surface area (Å²) in [6.07, 6.45) is 7.87. The van der Waals surface area contributed by atoms with E-state index in [1.807, 2.05) is 28.9 Å². The molecule has 3 heterocycles. The van der Waals surface area contributed by atoms with Gasteiger partial charge >= 0.3 is 0 Å². The third-order valence-electron chi connectivity index (χ3n) is 5.30. The Hall–Kier alpha value is -1.86. The normalized spacial score (nSPS) is 20.0. The van der Waals surface area contributed by atoms with E-state index in [9.17, 15) is 4.79 Å². The van der Waals surface area contributed by atoms with Crippen LogP contribution < -0.4 is 5.32 Å². The van der Waals surface area contributed by atoms with Gasteiger partial charge in [-0.1, -0.05) is 0 Å². The first-order chi connectivity index (χ1) is 11.2. The summed E-state index contributed by atoms with van der Waals surface area (Å²) in [4.78, 5) is 14.8. The fraction of sp³-hybridized carbons (Fsp3) is 0.625. The summed E-state index contributed by atoms with van der Waals surface area (Å²) in [6, 6.07) is 0.626. The van der Waals surface area contributed by atoms with E-state index in [2.05, 4.69) is 10.4 Å². The molecular weight excluding hydrogens is 294 g/mol. The lowest BCUT2D eigenvalue weighted by Gasteiger charge is -2.59. The Labute approximate surface area is 135 Å². The minimum atomic E-state index is 0.0934. The molecule has 0 aromatic carbocycles. The minimum absolute atomic E-state index is 0.0934. The van der Waals surface area contributed by atoms with Crippen molar-refractivity contribution in [2.75, 3.05) is 33.9 Å². The van der Waals surface area contributed by atoms with Crippen molar-refractivity contribution in [3.63, 3.8) is 0 Å². The number of ether oxygens (including phenoxy) is 1. The SMILES string of the molecule is CNC1CC2(C1)CN(C(=O)c1cnn3ccn(CCOC)c13)C2. The molecule has 2 fully saturated rings. The molecule has 2 aromatic heterocycles. The molecule has 2 aromatic rings. The van der Waals surface area contributed by atoms with Crippen LogP contribution in [0.5, 0.6) is 0 Å². The third-order valence-corrected chi connectivity index (χ3v) is 5.30. The number of nitrogens with one attached hydrogen (secondary N) is 1. The van der Waals surface area contributed by atoms with Crippen LogP contribution in [0.3, 0.4) is 0 Å². The highest BCUT2D eigenvalue weighted by atomic mass is 16.5. The first-order valence-corrected chi connectivity index (χ1v) is 8.14. The van der Waals surface area contributed by atoms with Crippen LogP contribution in [-0.4, -0.2) is 64.9 Å². The second-order valence-corrected chi connectivity index (χ2v) is 6.87. The van der Waals surface area contributed by atoms with Gasteiger partial charge in [0.2, 0.25) is 0 Å². The van der Waals surface area contributed by atoms with Gasteiger partial charge in [0.1, 0.15) is 11.2 Å². The van der Waals surface area contributed by atoms with Crippen LogP contribution in [0, 0.1) is 5.41 Å². The van der Waals surface area contributed by atoms with Gasteiger partial charge in [-0.25, -0.2) is 4.52 Å². The number of likely N-dealkylation sites (tertiary alicyclic amines) is 1. The second kappa shape index (κ2) is 5.35. The second-order valence-electron chi connectivity index (χ2n) is 6.87. The standard InChI is InChI=1S/C16H23N5O2/c1-17-12-7-16(8-12)10-20(11-16)15(22)13-9-18-21-4-3-19(14(13)21)5-6-23-2/h3-4,9,12,17H,5-8,10-11H2,1-2H3. The van der Waals surface area contributed by atoms with Crippen molar-refractivity contribution in [2.45, 2.75) is 25.4 Å². The van der Waals surface area contributed by atoms with Crippen molar-refractivity contribution in [3.8, 4) is 0 Å². The monoisotopic (exact) mass is 317 g/mol. The Balaban J connectivity index is 1.49. The number of imidazole rings is 1.